The van der Waals surface area contributed by atoms with Crippen LogP contribution in [0.15, 0.2) is 79.0 Å². The number of amides is 2. The highest BCUT2D eigenvalue weighted by Crippen LogP contribution is 2.30. The van der Waals surface area contributed by atoms with Gasteiger partial charge in [0, 0.05) is 18.4 Å². The first-order chi connectivity index (χ1) is 13.9. The maximum Gasteiger partial charge on any atom is 0.416 e. The Hall–Kier alpha value is -3.35. The van der Waals surface area contributed by atoms with Crippen molar-refractivity contribution in [2.24, 2.45) is 0 Å². The van der Waals surface area contributed by atoms with Crippen molar-refractivity contribution in [1.82, 2.24) is 9.88 Å². The van der Waals surface area contributed by atoms with Crippen LogP contribution in [-0.4, -0.2) is 22.5 Å². The smallest absolute Gasteiger partial charge is 0.318 e. The number of anilines is 1. The Bertz CT molecular complexity index is 931. The van der Waals surface area contributed by atoms with Gasteiger partial charge in [-0.3, -0.25) is 4.98 Å². The lowest BCUT2D eigenvalue weighted by molar-refractivity contribution is -0.137. The highest BCUT2D eigenvalue weighted by atomic mass is 19.4. The second kappa shape index (κ2) is 9.23. The third-order valence-electron chi connectivity index (χ3n) is 4.32. The Morgan fingerprint density at radius 2 is 1.72 bits per heavy atom. The predicted octanol–water partition coefficient (Wildman–Crippen LogP) is 5.38. The van der Waals surface area contributed by atoms with Crippen LogP contribution in [0.4, 0.5) is 23.7 Å². The zero-order valence-corrected chi connectivity index (χ0v) is 15.6. The zero-order valence-electron chi connectivity index (χ0n) is 15.6. The minimum Gasteiger partial charge on any atom is -0.318 e. The molecule has 29 heavy (non-hydrogen) atoms. The summed E-state index contributed by atoms with van der Waals surface area (Å²) >= 11 is 0. The number of urea groups is 1. The zero-order chi connectivity index (χ0) is 20.7. The van der Waals surface area contributed by atoms with Crippen LogP contribution in [0.5, 0.6) is 0 Å². The molecule has 150 valence electrons. The Labute approximate surface area is 167 Å². The van der Waals surface area contributed by atoms with Crippen molar-refractivity contribution in [2.75, 3.05) is 11.9 Å². The highest BCUT2D eigenvalue weighted by molar-refractivity contribution is 5.89. The van der Waals surface area contributed by atoms with E-state index in [9.17, 15) is 18.0 Å². The number of alkyl halides is 3. The number of aromatic nitrogens is 1. The summed E-state index contributed by atoms with van der Waals surface area (Å²) < 4.78 is 38.8. The van der Waals surface area contributed by atoms with E-state index in [0.717, 1.165) is 17.7 Å². The molecule has 2 amide bonds. The van der Waals surface area contributed by atoms with Gasteiger partial charge in [-0.15, -0.1) is 0 Å². The fourth-order valence-electron chi connectivity index (χ4n) is 2.82. The summed E-state index contributed by atoms with van der Waals surface area (Å²) in [7, 11) is 0. The third-order valence-corrected chi connectivity index (χ3v) is 4.32. The van der Waals surface area contributed by atoms with Gasteiger partial charge in [0.05, 0.1) is 17.8 Å². The molecule has 0 aliphatic carbocycles. The molecule has 0 aliphatic rings. The summed E-state index contributed by atoms with van der Waals surface area (Å²) in [6.07, 6.45) is -2.22. The van der Waals surface area contributed by atoms with Gasteiger partial charge in [0.1, 0.15) is 0 Å². The van der Waals surface area contributed by atoms with Crippen LogP contribution in [0.3, 0.4) is 0 Å². The molecule has 0 atom stereocenters. The van der Waals surface area contributed by atoms with E-state index in [0.29, 0.717) is 18.7 Å². The number of benzene rings is 2. The van der Waals surface area contributed by atoms with Crippen LogP contribution in [0.1, 0.15) is 16.8 Å². The van der Waals surface area contributed by atoms with Gasteiger partial charge in [0.25, 0.3) is 0 Å². The van der Waals surface area contributed by atoms with E-state index in [1.807, 2.05) is 36.4 Å². The molecule has 4 nitrogen and oxygen atoms in total. The topological polar surface area (TPSA) is 45.2 Å². The van der Waals surface area contributed by atoms with Crippen molar-refractivity contribution in [1.29, 1.82) is 0 Å². The maximum absolute atomic E-state index is 12.9. The van der Waals surface area contributed by atoms with Crippen molar-refractivity contribution in [2.45, 2.75) is 19.1 Å². The number of halogens is 3. The number of pyridine rings is 1. The number of nitrogens with one attached hydrogen (secondary N) is 1. The molecule has 0 fully saturated rings. The van der Waals surface area contributed by atoms with Crippen LogP contribution in [0, 0.1) is 0 Å². The van der Waals surface area contributed by atoms with Crippen LogP contribution < -0.4 is 5.32 Å². The Kier molecular flexibility index (Phi) is 6.49. The summed E-state index contributed by atoms with van der Waals surface area (Å²) in [5, 5.41) is 2.57. The van der Waals surface area contributed by atoms with Crippen molar-refractivity contribution < 1.29 is 18.0 Å². The third kappa shape index (κ3) is 6.07. The average molecular weight is 399 g/mol. The molecule has 1 aromatic heterocycles. The number of rotatable bonds is 6. The summed E-state index contributed by atoms with van der Waals surface area (Å²) in [5.74, 6) is 0. The molecule has 7 heteroatoms. The van der Waals surface area contributed by atoms with Gasteiger partial charge in [-0.1, -0.05) is 42.5 Å². The minimum absolute atomic E-state index is 0.0931. The number of hydrogen-bond donors (Lipinski definition) is 1. The van der Waals surface area contributed by atoms with Crippen LogP contribution in [-0.2, 0) is 19.1 Å². The molecular weight excluding hydrogens is 379 g/mol. The van der Waals surface area contributed by atoms with Gasteiger partial charge in [-0.25, -0.2) is 4.79 Å². The highest BCUT2D eigenvalue weighted by Gasteiger charge is 2.30. The Morgan fingerprint density at radius 3 is 2.41 bits per heavy atom. The number of carbonyl (C=O) groups excluding carboxylic acids is 1. The Morgan fingerprint density at radius 1 is 0.966 bits per heavy atom. The lowest BCUT2D eigenvalue weighted by Gasteiger charge is -2.23. The number of carbonyl (C=O) groups is 1. The van der Waals surface area contributed by atoms with Crippen molar-refractivity contribution in [3.63, 3.8) is 0 Å². The molecule has 0 saturated heterocycles. The molecule has 0 unspecified atom stereocenters. The normalized spacial score (nSPS) is 11.1. The van der Waals surface area contributed by atoms with Gasteiger partial charge in [-0.2, -0.15) is 13.2 Å². The van der Waals surface area contributed by atoms with Gasteiger partial charge >= 0.3 is 12.2 Å². The molecule has 0 spiro atoms. The minimum atomic E-state index is -4.47. The van der Waals surface area contributed by atoms with E-state index in [2.05, 4.69) is 10.3 Å². The van der Waals surface area contributed by atoms with E-state index >= 15 is 0 Å². The molecule has 0 saturated carbocycles. The molecule has 2 aromatic carbocycles. The lowest BCUT2D eigenvalue weighted by Crippen LogP contribution is -2.36. The second-order valence-electron chi connectivity index (χ2n) is 6.49. The monoisotopic (exact) mass is 399 g/mol. The predicted molar refractivity (Wildman–Crippen MR) is 105 cm³/mol. The van der Waals surface area contributed by atoms with Gasteiger partial charge in [0.15, 0.2) is 0 Å². The number of nitrogens with zero attached hydrogens (tertiary/aromatic N) is 2. The van der Waals surface area contributed by atoms with Crippen LogP contribution in [0.25, 0.3) is 0 Å². The van der Waals surface area contributed by atoms with Gasteiger partial charge in [-0.05, 0) is 42.3 Å². The van der Waals surface area contributed by atoms with Gasteiger partial charge < -0.3 is 10.2 Å². The molecule has 1 N–H and O–H groups in total. The first-order valence-electron chi connectivity index (χ1n) is 9.09. The standard InChI is InChI=1S/C22H20F3N3O/c23-22(24,25)18-9-6-11-19(15-18)27-21(29)28(16-20-10-4-5-13-26-20)14-12-17-7-2-1-3-8-17/h1-11,13,15H,12,14,16H2,(H,27,29). The first-order valence-corrected chi connectivity index (χ1v) is 9.09. The quantitative estimate of drug-likeness (QED) is 0.605. The molecule has 0 aliphatic heterocycles. The van der Waals surface area contributed by atoms with E-state index < -0.39 is 17.8 Å². The molecule has 1 heterocycles. The average Bonchev–Trinajstić information content (AvgIpc) is 2.72. The fraction of sp³-hybridized carbons (Fsp3) is 0.182. The fourth-order valence-corrected chi connectivity index (χ4v) is 2.82. The molecule has 3 rings (SSSR count). The largest absolute Gasteiger partial charge is 0.416 e. The summed E-state index contributed by atoms with van der Waals surface area (Å²) in [6, 6.07) is 19.2. The summed E-state index contributed by atoms with van der Waals surface area (Å²) in [6.45, 7) is 0.643. The molecule has 3 aromatic rings. The molecule has 0 radical (unpaired) electrons. The van der Waals surface area contributed by atoms with E-state index in [1.165, 1.54) is 17.0 Å². The van der Waals surface area contributed by atoms with Gasteiger partial charge in [0.2, 0.25) is 0 Å². The summed E-state index contributed by atoms with van der Waals surface area (Å²) in [4.78, 5) is 18.6. The van der Waals surface area contributed by atoms with E-state index in [1.54, 1.807) is 18.3 Å². The summed E-state index contributed by atoms with van der Waals surface area (Å²) in [5.41, 5.74) is 1.04. The van der Waals surface area contributed by atoms with Crippen molar-refractivity contribution >= 4 is 11.7 Å². The molecule has 0 bridgehead atoms. The Balaban J connectivity index is 1.74. The first kappa shape index (κ1) is 20.4. The van der Waals surface area contributed by atoms with E-state index in [-0.39, 0.29) is 12.2 Å². The lowest BCUT2D eigenvalue weighted by atomic mass is 10.1. The van der Waals surface area contributed by atoms with Crippen molar-refractivity contribution in [3.8, 4) is 0 Å². The SMILES string of the molecule is O=C(Nc1cccc(C(F)(F)F)c1)N(CCc1ccccc1)Cc1ccccn1. The van der Waals surface area contributed by atoms with Crippen LogP contribution in [0.2, 0.25) is 0 Å². The van der Waals surface area contributed by atoms with E-state index in [4.69, 9.17) is 0 Å². The molecular formula is C22H20F3N3O. The second-order valence-corrected chi connectivity index (χ2v) is 6.49. The van der Waals surface area contributed by atoms with Crippen LogP contribution >= 0.6 is 0 Å². The number of hydrogen-bond acceptors (Lipinski definition) is 2. The maximum atomic E-state index is 12.9. The van der Waals surface area contributed by atoms with Crippen molar-refractivity contribution in [3.05, 3.63) is 95.8 Å².